The zero-order valence-corrected chi connectivity index (χ0v) is 16.4. The second-order valence-corrected chi connectivity index (χ2v) is 6.66. The van der Waals surface area contributed by atoms with Gasteiger partial charge in [-0.25, -0.2) is 0 Å². The minimum absolute atomic E-state index is 0.193. The van der Waals surface area contributed by atoms with Crippen molar-refractivity contribution < 1.29 is 14.3 Å². The summed E-state index contributed by atoms with van der Waals surface area (Å²) in [6.45, 7) is 2.10. The van der Waals surface area contributed by atoms with Crippen molar-refractivity contribution in [1.82, 2.24) is 14.7 Å². The van der Waals surface area contributed by atoms with E-state index in [0.717, 1.165) is 22.8 Å². The predicted molar refractivity (Wildman–Crippen MR) is 108 cm³/mol. The Balaban J connectivity index is 1.82. The number of pyridine rings is 1. The summed E-state index contributed by atoms with van der Waals surface area (Å²) in [6, 6.07) is 12.8. The van der Waals surface area contributed by atoms with Crippen LogP contribution in [0.15, 0.2) is 48.7 Å². The highest BCUT2D eigenvalue weighted by Crippen LogP contribution is 2.32. The van der Waals surface area contributed by atoms with Gasteiger partial charge in [-0.1, -0.05) is 25.1 Å². The normalized spacial score (nSPS) is 10.4. The topological polar surface area (TPSA) is 93.2 Å². The Hall–Kier alpha value is -3.26. The number of hydrogen-bond donors (Lipinski definition) is 2. The van der Waals surface area contributed by atoms with E-state index in [1.54, 1.807) is 32.4 Å². The van der Waals surface area contributed by atoms with Gasteiger partial charge >= 0.3 is 0 Å². The molecule has 0 radical (unpaired) electrons. The third-order valence-corrected chi connectivity index (χ3v) is 4.85. The molecular formula is C20H20N4O3S. The average Bonchev–Trinajstić information content (AvgIpc) is 3.16. The van der Waals surface area contributed by atoms with Crippen molar-refractivity contribution in [2.75, 3.05) is 12.4 Å². The Morgan fingerprint density at radius 3 is 2.57 bits per heavy atom. The average molecular weight is 396 g/mol. The summed E-state index contributed by atoms with van der Waals surface area (Å²) in [6.07, 6.45) is 1.94. The molecule has 3 aromatic rings. The lowest BCUT2D eigenvalue weighted by Gasteiger charge is -2.09. The molecule has 7 nitrogen and oxygen atoms in total. The van der Waals surface area contributed by atoms with Crippen LogP contribution in [0.2, 0.25) is 0 Å². The highest BCUT2D eigenvalue weighted by molar-refractivity contribution is 7.09. The number of methoxy groups -OCH3 is 1. The number of rotatable bonds is 7. The molecule has 0 saturated carbocycles. The second-order valence-electron chi connectivity index (χ2n) is 5.88. The minimum atomic E-state index is -0.304. The molecule has 2 N–H and O–H groups in total. The van der Waals surface area contributed by atoms with Crippen LogP contribution in [0.1, 0.15) is 28.6 Å². The first-order chi connectivity index (χ1) is 13.6. The van der Waals surface area contributed by atoms with E-state index in [0.29, 0.717) is 34.9 Å². The van der Waals surface area contributed by atoms with Crippen LogP contribution in [0.3, 0.4) is 0 Å². The predicted octanol–water partition coefficient (Wildman–Crippen LogP) is 3.49. The van der Waals surface area contributed by atoms with Gasteiger partial charge in [0.05, 0.1) is 18.5 Å². The molecule has 0 aliphatic rings. The summed E-state index contributed by atoms with van der Waals surface area (Å²) in [5.74, 6) is 0.255. The van der Waals surface area contributed by atoms with Gasteiger partial charge in [0.2, 0.25) is 5.91 Å². The van der Waals surface area contributed by atoms with Gasteiger partial charge in [0.25, 0.3) is 5.91 Å². The monoisotopic (exact) mass is 396 g/mol. The number of anilines is 1. The lowest BCUT2D eigenvalue weighted by Crippen LogP contribution is -2.23. The molecular weight excluding hydrogens is 376 g/mol. The number of amides is 2. The van der Waals surface area contributed by atoms with Gasteiger partial charge < -0.3 is 15.4 Å². The van der Waals surface area contributed by atoms with E-state index in [4.69, 9.17) is 4.74 Å². The van der Waals surface area contributed by atoms with Crippen LogP contribution in [-0.4, -0.2) is 28.3 Å². The fourth-order valence-corrected chi connectivity index (χ4v) is 3.23. The SMILES string of the molecule is CCC(=O)Nc1c(-c2ccccn2)nsc1C(=O)NCc1ccc(OC)cc1. The number of benzene rings is 1. The van der Waals surface area contributed by atoms with E-state index < -0.39 is 0 Å². The number of carbonyl (C=O) groups is 2. The molecule has 1 aromatic carbocycles. The molecule has 0 saturated heterocycles. The summed E-state index contributed by atoms with van der Waals surface area (Å²) in [5, 5.41) is 5.66. The van der Waals surface area contributed by atoms with Crippen LogP contribution in [0, 0.1) is 0 Å². The number of aromatic nitrogens is 2. The van der Waals surface area contributed by atoms with Crippen molar-refractivity contribution in [3.8, 4) is 17.1 Å². The number of carbonyl (C=O) groups excluding carboxylic acids is 2. The summed E-state index contributed by atoms with van der Waals surface area (Å²) in [5.41, 5.74) is 2.41. The van der Waals surface area contributed by atoms with Gasteiger partial charge in [-0.2, -0.15) is 4.37 Å². The highest BCUT2D eigenvalue weighted by atomic mass is 32.1. The number of nitrogens with zero attached hydrogens (tertiary/aromatic N) is 2. The Kier molecular flexibility index (Phi) is 6.33. The Bertz CT molecular complexity index is 955. The maximum absolute atomic E-state index is 12.7. The van der Waals surface area contributed by atoms with E-state index in [-0.39, 0.29) is 11.8 Å². The number of ether oxygens (including phenoxy) is 1. The number of nitrogens with one attached hydrogen (secondary N) is 2. The van der Waals surface area contributed by atoms with Crippen molar-refractivity contribution in [3.63, 3.8) is 0 Å². The molecule has 0 bridgehead atoms. The standard InChI is InChI=1S/C20H20N4O3S/c1-3-16(25)23-18-17(15-6-4-5-11-21-15)24-28-19(18)20(26)22-12-13-7-9-14(27-2)10-8-13/h4-11H,3,12H2,1-2H3,(H,22,26)(H,23,25). The molecule has 0 aliphatic carbocycles. The summed E-state index contributed by atoms with van der Waals surface area (Å²) in [7, 11) is 1.60. The van der Waals surface area contributed by atoms with Crippen LogP contribution in [0.5, 0.6) is 5.75 Å². The van der Waals surface area contributed by atoms with Crippen LogP contribution in [0.25, 0.3) is 11.4 Å². The Morgan fingerprint density at radius 1 is 1.14 bits per heavy atom. The van der Waals surface area contributed by atoms with Gasteiger partial charge in [0.15, 0.2) is 0 Å². The fraction of sp³-hybridized carbons (Fsp3) is 0.200. The summed E-state index contributed by atoms with van der Waals surface area (Å²) >= 11 is 1.04. The summed E-state index contributed by atoms with van der Waals surface area (Å²) in [4.78, 5) is 29.3. The lowest BCUT2D eigenvalue weighted by molar-refractivity contribution is -0.115. The van der Waals surface area contributed by atoms with Crippen molar-refractivity contribution in [2.45, 2.75) is 19.9 Å². The molecule has 0 unspecified atom stereocenters. The smallest absolute Gasteiger partial charge is 0.265 e. The van der Waals surface area contributed by atoms with E-state index in [1.807, 2.05) is 30.3 Å². The van der Waals surface area contributed by atoms with E-state index >= 15 is 0 Å². The Labute approximate surface area is 166 Å². The van der Waals surface area contributed by atoms with Crippen LogP contribution in [0.4, 0.5) is 5.69 Å². The largest absolute Gasteiger partial charge is 0.497 e. The molecule has 2 heterocycles. The first-order valence-electron chi connectivity index (χ1n) is 8.74. The third kappa shape index (κ3) is 4.52. The maximum Gasteiger partial charge on any atom is 0.265 e. The van der Waals surface area contributed by atoms with Gasteiger partial charge in [-0.3, -0.25) is 14.6 Å². The molecule has 0 fully saturated rings. The molecule has 144 valence electrons. The number of hydrogen-bond acceptors (Lipinski definition) is 6. The minimum Gasteiger partial charge on any atom is -0.497 e. The van der Waals surface area contributed by atoms with Crippen LogP contribution in [-0.2, 0) is 11.3 Å². The molecule has 3 rings (SSSR count). The quantitative estimate of drug-likeness (QED) is 0.638. The molecule has 0 atom stereocenters. The maximum atomic E-state index is 12.7. The van der Waals surface area contributed by atoms with Crippen LogP contribution < -0.4 is 15.4 Å². The van der Waals surface area contributed by atoms with Crippen molar-refractivity contribution in [2.24, 2.45) is 0 Å². The van der Waals surface area contributed by atoms with E-state index in [2.05, 4.69) is 20.0 Å². The van der Waals surface area contributed by atoms with E-state index in [9.17, 15) is 9.59 Å². The zero-order chi connectivity index (χ0) is 19.9. The van der Waals surface area contributed by atoms with Crippen LogP contribution >= 0.6 is 11.5 Å². The van der Waals surface area contributed by atoms with Crippen molar-refractivity contribution in [3.05, 3.63) is 59.1 Å². The molecule has 0 spiro atoms. The van der Waals surface area contributed by atoms with Gasteiger partial charge in [0, 0.05) is 19.2 Å². The first kappa shape index (κ1) is 19.5. The molecule has 8 heteroatoms. The van der Waals surface area contributed by atoms with Gasteiger partial charge in [0.1, 0.15) is 16.3 Å². The second kappa shape index (κ2) is 9.09. The first-order valence-corrected chi connectivity index (χ1v) is 9.51. The molecule has 28 heavy (non-hydrogen) atoms. The van der Waals surface area contributed by atoms with E-state index in [1.165, 1.54) is 0 Å². The molecule has 0 aliphatic heterocycles. The summed E-state index contributed by atoms with van der Waals surface area (Å²) < 4.78 is 9.49. The third-order valence-electron chi connectivity index (χ3n) is 4.00. The molecule has 2 aromatic heterocycles. The Morgan fingerprint density at radius 2 is 1.93 bits per heavy atom. The van der Waals surface area contributed by atoms with Gasteiger partial charge in [-0.15, -0.1) is 0 Å². The van der Waals surface area contributed by atoms with Crippen molar-refractivity contribution in [1.29, 1.82) is 0 Å². The zero-order valence-electron chi connectivity index (χ0n) is 15.6. The highest BCUT2D eigenvalue weighted by Gasteiger charge is 2.22. The lowest BCUT2D eigenvalue weighted by atomic mass is 10.2. The fourth-order valence-electron chi connectivity index (χ4n) is 2.47. The van der Waals surface area contributed by atoms with Crippen molar-refractivity contribution >= 4 is 29.0 Å². The molecule has 2 amide bonds. The van der Waals surface area contributed by atoms with Gasteiger partial charge in [-0.05, 0) is 41.4 Å².